The van der Waals surface area contributed by atoms with Crippen LogP contribution in [0.5, 0.6) is 0 Å². The Kier molecular flexibility index (Phi) is 4.53. The van der Waals surface area contributed by atoms with Gasteiger partial charge in [0.2, 0.25) is 10.0 Å². The van der Waals surface area contributed by atoms with Gasteiger partial charge in [0.05, 0.1) is 16.5 Å². The Morgan fingerprint density at radius 1 is 1.39 bits per heavy atom. The lowest BCUT2D eigenvalue weighted by molar-refractivity contribution is 0.595. The minimum atomic E-state index is -3.36. The summed E-state index contributed by atoms with van der Waals surface area (Å²) < 4.78 is 27.0. The van der Waals surface area contributed by atoms with Crippen LogP contribution >= 0.6 is 27.5 Å². The SMILES string of the molecule is O=S(=O)(CCNC1CC1)Nc1cc(Br)ccc1Cl. The number of rotatable bonds is 6. The smallest absolute Gasteiger partial charge is 0.234 e. The molecule has 0 heterocycles. The van der Waals surface area contributed by atoms with Crippen LogP contribution in [0.3, 0.4) is 0 Å². The van der Waals surface area contributed by atoms with Crippen molar-refractivity contribution in [3.8, 4) is 0 Å². The molecule has 1 saturated carbocycles. The Morgan fingerprint density at radius 3 is 2.78 bits per heavy atom. The summed E-state index contributed by atoms with van der Waals surface area (Å²) in [6.45, 7) is 0.464. The number of hydrogen-bond acceptors (Lipinski definition) is 3. The zero-order valence-corrected chi connectivity index (χ0v) is 12.8. The maximum Gasteiger partial charge on any atom is 0.234 e. The number of nitrogens with one attached hydrogen (secondary N) is 2. The summed E-state index contributed by atoms with van der Waals surface area (Å²) in [5.41, 5.74) is 0.400. The molecule has 18 heavy (non-hydrogen) atoms. The van der Waals surface area contributed by atoms with Crippen molar-refractivity contribution in [1.82, 2.24) is 5.32 Å². The first-order valence-electron chi connectivity index (χ1n) is 5.65. The van der Waals surface area contributed by atoms with Crippen molar-refractivity contribution in [1.29, 1.82) is 0 Å². The molecular weight excluding hydrogens is 340 g/mol. The second kappa shape index (κ2) is 5.77. The summed E-state index contributed by atoms with van der Waals surface area (Å²) >= 11 is 9.21. The van der Waals surface area contributed by atoms with E-state index in [4.69, 9.17) is 11.6 Å². The van der Waals surface area contributed by atoms with E-state index in [9.17, 15) is 8.42 Å². The summed E-state index contributed by atoms with van der Waals surface area (Å²) in [7, 11) is -3.36. The molecule has 2 rings (SSSR count). The van der Waals surface area contributed by atoms with E-state index in [0.717, 1.165) is 17.3 Å². The fourth-order valence-corrected chi connectivity index (χ4v) is 3.05. The third kappa shape index (κ3) is 4.42. The molecule has 1 aromatic rings. The molecule has 2 N–H and O–H groups in total. The monoisotopic (exact) mass is 352 g/mol. The van der Waals surface area contributed by atoms with Crippen LogP contribution in [0, 0.1) is 0 Å². The first kappa shape index (κ1) is 14.1. The Bertz CT molecular complexity index is 532. The van der Waals surface area contributed by atoms with Gasteiger partial charge in [-0.3, -0.25) is 4.72 Å². The van der Waals surface area contributed by atoms with Crippen LogP contribution in [0.4, 0.5) is 5.69 Å². The number of benzene rings is 1. The predicted molar refractivity (Wildman–Crippen MR) is 77.6 cm³/mol. The lowest BCUT2D eigenvalue weighted by Gasteiger charge is -2.10. The van der Waals surface area contributed by atoms with Gasteiger partial charge < -0.3 is 5.32 Å². The van der Waals surface area contributed by atoms with E-state index in [1.165, 1.54) is 0 Å². The zero-order valence-electron chi connectivity index (χ0n) is 9.62. The molecule has 4 nitrogen and oxygen atoms in total. The quantitative estimate of drug-likeness (QED) is 0.826. The van der Waals surface area contributed by atoms with Gasteiger partial charge in [0.1, 0.15) is 0 Å². The molecule has 0 amide bonds. The second-order valence-corrected chi connectivity index (χ2v) is 7.44. The lowest BCUT2D eigenvalue weighted by Crippen LogP contribution is -2.28. The number of anilines is 1. The minimum absolute atomic E-state index is 0.0480. The van der Waals surface area contributed by atoms with Gasteiger partial charge in [-0.1, -0.05) is 27.5 Å². The highest BCUT2D eigenvalue weighted by Crippen LogP contribution is 2.26. The number of hydrogen-bond donors (Lipinski definition) is 2. The van der Waals surface area contributed by atoms with Crippen molar-refractivity contribution in [2.45, 2.75) is 18.9 Å². The summed E-state index contributed by atoms with van der Waals surface area (Å²) in [6.07, 6.45) is 2.29. The van der Waals surface area contributed by atoms with Crippen LogP contribution in [-0.2, 0) is 10.0 Å². The molecule has 0 radical (unpaired) electrons. The third-order valence-corrected chi connectivity index (χ3v) is 4.67. The molecule has 1 aliphatic rings. The van der Waals surface area contributed by atoms with E-state index in [2.05, 4.69) is 26.0 Å². The fraction of sp³-hybridized carbons (Fsp3) is 0.455. The van der Waals surface area contributed by atoms with Crippen molar-refractivity contribution >= 4 is 43.2 Å². The van der Waals surface area contributed by atoms with Gasteiger partial charge in [0.15, 0.2) is 0 Å². The van der Waals surface area contributed by atoms with Gasteiger partial charge in [-0.25, -0.2) is 8.42 Å². The highest BCUT2D eigenvalue weighted by molar-refractivity contribution is 9.10. The Morgan fingerprint density at radius 2 is 2.11 bits per heavy atom. The van der Waals surface area contributed by atoms with E-state index in [1.807, 2.05) is 0 Å². The van der Waals surface area contributed by atoms with E-state index >= 15 is 0 Å². The highest BCUT2D eigenvalue weighted by Gasteiger charge is 2.21. The molecule has 1 aromatic carbocycles. The normalized spacial score (nSPS) is 15.7. The summed E-state index contributed by atoms with van der Waals surface area (Å²) in [6, 6.07) is 5.56. The van der Waals surface area contributed by atoms with Gasteiger partial charge in [0.25, 0.3) is 0 Å². The van der Waals surface area contributed by atoms with Crippen LogP contribution in [0.25, 0.3) is 0 Å². The maximum absolute atomic E-state index is 11.8. The largest absolute Gasteiger partial charge is 0.313 e. The van der Waals surface area contributed by atoms with Crippen molar-refractivity contribution < 1.29 is 8.42 Å². The Hall–Kier alpha value is -0.300. The maximum atomic E-state index is 11.8. The van der Waals surface area contributed by atoms with Crippen LogP contribution in [0.2, 0.25) is 5.02 Å². The minimum Gasteiger partial charge on any atom is -0.313 e. The molecule has 0 atom stereocenters. The molecule has 1 aliphatic carbocycles. The van der Waals surface area contributed by atoms with Crippen molar-refractivity contribution in [2.24, 2.45) is 0 Å². The molecule has 0 spiro atoms. The van der Waals surface area contributed by atoms with Gasteiger partial charge in [-0.2, -0.15) is 0 Å². The molecule has 7 heteroatoms. The lowest BCUT2D eigenvalue weighted by atomic mass is 10.3. The van der Waals surface area contributed by atoms with Gasteiger partial charge in [-0.15, -0.1) is 0 Å². The van der Waals surface area contributed by atoms with E-state index in [1.54, 1.807) is 18.2 Å². The van der Waals surface area contributed by atoms with E-state index in [-0.39, 0.29) is 5.75 Å². The first-order valence-corrected chi connectivity index (χ1v) is 8.47. The van der Waals surface area contributed by atoms with E-state index in [0.29, 0.717) is 23.3 Å². The average Bonchev–Trinajstić information content (AvgIpc) is 3.07. The zero-order chi connectivity index (χ0) is 13.2. The molecule has 0 aromatic heterocycles. The first-order chi connectivity index (χ1) is 8.46. The molecule has 0 aliphatic heterocycles. The summed E-state index contributed by atoms with van der Waals surface area (Å²) in [5, 5.41) is 3.55. The summed E-state index contributed by atoms with van der Waals surface area (Å²) in [5.74, 6) is 0.0480. The predicted octanol–water partition coefficient (Wildman–Crippen LogP) is 2.60. The molecule has 100 valence electrons. The van der Waals surface area contributed by atoms with Crippen molar-refractivity contribution in [3.63, 3.8) is 0 Å². The standard InChI is InChI=1S/C11H14BrClN2O2S/c12-8-1-4-10(13)11(7-8)15-18(16,17)6-5-14-9-2-3-9/h1,4,7,9,14-15H,2-3,5-6H2. The van der Waals surface area contributed by atoms with Gasteiger partial charge in [0, 0.05) is 17.1 Å². The molecule has 0 bridgehead atoms. The van der Waals surface area contributed by atoms with E-state index < -0.39 is 10.0 Å². The van der Waals surface area contributed by atoms with Gasteiger partial charge in [-0.05, 0) is 31.0 Å². The molecular formula is C11H14BrClN2O2S. The third-order valence-electron chi connectivity index (χ3n) is 2.58. The molecule has 0 unspecified atom stereocenters. The topological polar surface area (TPSA) is 58.2 Å². The van der Waals surface area contributed by atoms with Crippen molar-refractivity contribution in [3.05, 3.63) is 27.7 Å². The molecule has 1 fully saturated rings. The van der Waals surface area contributed by atoms with Crippen LogP contribution in [-0.4, -0.2) is 26.8 Å². The number of sulfonamides is 1. The summed E-state index contributed by atoms with van der Waals surface area (Å²) in [4.78, 5) is 0. The Balaban J connectivity index is 1.95. The fourth-order valence-electron chi connectivity index (χ4n) is 1.48. The molecule has 0 saturated heterocycles. The average molecular weight is 354 g/mol. The highest BCUT2D eigenvalue weighted by atomic mass is 79.9. The second-order valence-electron chi connectivity index (χ2n) is 4.27. The van der Waals surface area contributed by atoms with Gasteiger partial charge >= 0.3 is 0 Å². The number of halogens is 2. The van der Waals surface area contributed by atoms with Crippen LogP contribution < -0.4 is 10.0 Å². The van der Waals surface area contributed by atoms with Crippen LogP contribution in [0.15, 0.2) is 22.7 Å². The Labute approximate surface area is 120 Å². The van der Waals surface area contributed by atoms with Crippen molar-refractivity contribution in [2.75, 3.05) is 17.0 Å². The van der Waals surface area contributed by atoms with Crippen LogP contribution in [0.1, 0.15) is 12.8 Å².